The summed E-state index contributed by atoms with van der Waals surface area (Å²) in [6, 6.07) is 7.07. The largest absolute Gasteiger partial charge is 0.337 e. The van der Waals surface area contributed by atoms with E-state index in [0.717, 1.165) is 31.0 Å². The Bertz CT molecular complexity index is 1090. The number of piperidine rings is 1. The Morgan fingerprint density at radius 1 is 1.17 bits per heavy atom. The number of fused-ring (bicyclic) bond motifs is 1. The molecule has 0 bridgehead atoms. The van der Waals surface area contributed by atoms with Crippen LogP contribution in [0.1, 0.15) is 40.9 Å². The lowest BCUT2D eigenvalue weighted by Gasteiger charge is -2.31. The van der Waals surface area contributed by atoms with Gasteiger partial charge in [0.1, 0.15) is 11.6 Å². The van der Waals surface area contributed by atoms with Crippen molar-refractivity contribution in [1.29, 1.82) is 0 Å². The van der Waals surface area contributed by atoms with Crippen LogP contribution in [0.4, 0.5) is 0 Å². The molecule has 0 radical (unpaired) electrons. The average molecular weight is 395 g/mol. The fraction of sp³-hybridized carbons (Fsp3) is 0.450. The van der Waals surface area contributed by atoms with Gasteiger partial charge >= 0.3 is 0 Å². The number of H-pyrrole nitrogens is 1. The smallest absolute Gasteiger partial charge is 0.274 e. The van der Waals surface area contributed by atoms with E-state index in [4.69, 9.17) is 0 Å². The fourth-order valence-electron chi connectivity index (χ4n) is 3.92. The lowest BCUT2D eigenvalue weighted by atomic mass is 9.95. The number of amides is 1. The molecule has 1 fully saturated rings. The third kappa shape index (κ3) is 3.65. The number of likely N-dealkylation sites (tertiary alicyclic amines) is 1. The molecule has 1 aliphatic rings. The van der Waals surface area contributed by atoms with E-state index >= 15 is 0 Å². The van der Waals surface area contributed by atoms with Gasteiger partial charge in [0.25, 0.3) is 11.5 Å². The molecule has 0 unspecified atom stereocenters. The standard InChI is InChI=1S/C20H25N7O2/c1-25(2)12-16-21-23-18(26(16)3)13-8-10-27(11-9-13)20(29)17-14-6-4-5-7-15(14)19(28)24-22-17/h4-7,13H,8-12H2,1-3H3,(H,24,28). The first kappa shape index (κ1) is 19.3. The third-order valence-electron chi connectivity index (χ3n) is 5.50. The summed E-state index contributed by atoms with van der Waals surface area (Å²) in [5.74, 6) is 2.03. The van der Waals surface area contributed by atoms with Crippen LogP contribution >= 0.6 is 0 Å². The van der Waals surface area contributed by atoms with Crippen molar-refractivity contribution in [3.05, 3.63) is 52.0 Å². The minimum atomic E-state index is -0.285. The second kappa shape index (κ2) is 7.75. The molecule has 9 heteroatoms. The zero-order valence-corrected chi connectivity index (χ0v) is 16.9. The van der Waals surface area contributed by atoms with Crippen molar-refractivity contribution in [2.24, 2.45) is 7.05 Å². The van der Waals surface area contributed by atoms with Crippen molar-refractivity contribution >= 4 is 16.7 Å². The Balaban J connectivity index is 1.49. The number of rotatable bonds is 4. The van der Waals surface area contributed by atoms with Crippen LogP contribution in [-0.4, -0.2) is 67.9 Å². The Morgan fingerprint density at radius 2 is 1.86 bits per heavy atom. The lowest BCUT2D eigenvalue weighted by molar-refractivity contribution is 0.0705. The molecule has 4 rings (SSSR count). The molecular weight excluding hydrogens is 370 g/mol. The zero-order valence-electron chi connectivity index (χ0n) is 16.9. The van der Waals surface area contributed by atoms with Crippen LogP contribution in [0.5, 0.6) is 0 Å². The predicted molar refractivity (Wildman–Crippen MR) is 109 cm³/mol. The quantitative estimate of drug-likeness (QED) is 0.711. The topological polar surface area (TPSA) is 100 Å². The molecule has 0 spiro atoms. The molecule has 2 aromatic heterocycles. The molecule has 152 valence electrons. The summed E-state index contributed by atoms with van der Waals surface area (Å²) in [5, 5.41) is 16.3. The first-order valence-electron chi connectivity index (χ1n) is 9.75. The maximum absolute atomic E-state index is 13.1. The van der Waals surface area contributed by atoms with Gasteiger partial charge in [-0.3, -0.25) is 9.59 Å². The Hall–Kier alpha value is -3.07. The van der Waals surface area contributed by atoms with Gasteiger partial charge in [-0.05, 0) is 33.0 Å². The maximum Gasteiger partial charge on any atom is 0.274 e. The van der Waals surface area contributed by atoms with E-state index in [1.807, 2.05) is 27.2 Å². The first-order chi connectivity index (χ1) is 14.0. The number of carbonyl (C=O) groups excluding carboxylic acids is 1. The Kier molecular flexibility index (Phi) is 5.14. The van der Waals surface area contributed by atoms with Crippen molar-refractivity contribution in [2.75, 3.05) is 27.2 Å². The van der Waals surface area contributed by atoms with Crippen molar-refractivity contribution < 1.29 is 4.79 Å². The summed E-state index contributed by atoms with van der Waals surface area (Å²) in [7, 11) is 6.02. The van der Waals surface area contributed by atoms with Gasteiger partial charge in [-0.1, -0.05) is 18.2 Å². The molecule has 3 aromatic rings. The minimum absolute atomic E-state index is 0.151. The fourth-order valence-corrected chi connectivity index (χ4v) is 3.92. The van der Waals surface area contributed by atoms with Crippen molar-refractivity contribution in [3.63, 3.8) is 0 Å². The molecule has 1 aliphatic heterocycles. The van der Waals surface area contributed by atoms with E-state index < -0.39 is 0 Å². The van der Waals surface area contributed by atoms with E-state index in [1.54, 1.807) is 23.1 Å². The second-order valence-electron chi connectivity index (χ2n) is 7.78. The summed E-state index contributed by atoms with van der Waals surface area (Å²) >= 11 is 0. The molecular formula is C20H25N7O2. The predicted octanol–water partition coefficient (Wildman–Crippen LogP) is 1.13. The van der Waals surface area contributed by atoms with Crippen molar-refractivity contribution in [2.45, 2.75) is 25.3 Å². The van der Waals surface area contributed by atoms with Crippen LogP contribution in [0.2, 0.25) is 0 Å². The average Bonchev–Trinajstić information content (AvgIpc) is 3.08. The van der Waals surface area contributed by atoms with Crippen LogP contribution in [0.15, 0.2) is 29.1 Å². The van der Waals surface area contributed by atoms with Crippen LogP contribution in [-0.2, 0) is 13.6 Å². The molecule has 0 aliphatic carbocycles. The molecule has 1 N–H and O–H groups in total. The number of carbonyl (C=O) groups is 1. The Labute approximate surface area is 168 Å². The molecule has 29 heavy (non-hydrogen) atoms. The highest BCUT2D eigenvalue weighted by molar-refractivity contribution is 6.04. The van der Waals surface area contributed by atoms with Crippen LogP contribution in [0, 0.1) is 0 Å². The van der Waals surface area contributed by atoms with Gasteiger partial charge in [-0.15, -0.1) is 10.2 Å². The van der Waals surface area contributed by atoms with E-state index in [0.29, 0.717) is 29.6 Å². The number of hydrogen-bond donors (Lipinski definition) is 1. The van der Waals surface area contributed by atoms with E-state index in [1.165, 1.54) is 0 Å². The molecule has 1 saturated heterocycles. The van der Waals surface area contributed by atoms with Gasteiger partial charge < -0.3 is 14.4 Å². The highest BCUT2D eigenvalue weighted by Crippen LogP contribution is 2.28. The molecule has 1 aromatic carbocycles. The molecule has 0 atom stereocenters. The summed E-state index contributed by atoms with van der Waals surface area (Å²) < 4.78 is 2.07. The van der Waals surface area contributed by atoms with Crippen LogP contribution in [0.3, 0.4) is 0 Å². The highest BCUT2D eigenvalue weighted by Gasteiger charge is 2.29. The van der Waals surface area contributed by atoms with Crippen LogP contribution in [0.25, 0.3) is 10.8 Å². The lowest BCUT2D eigenvalue weighted by Crippen LogP contribution is -2.39. The number of aromatic nitrogens is 5. The number of hydrogen-bond acceptors (Lipinski definition) is 6. The Morgan fingerprint density at radius 3 is 2.55 bits per heavy atom. The SMILES string of the molecule is CN(C)Cc1nnc(C2CCN(C(=O)c3n[nH]c(=O)c4ccccc34)CC2)n1C. The summed E-state index contributed by atoms with van der Waals surface area (Å²) in [6.07, 6.45) is 1.64. The summed E-state index contributed by atoms with van der Waals surface area (Å²) in [6.45, 7) is 1.98. The van der Waals surface area contributed by atoms with Crippen molar-refractivity contribution in [3.8, 4) is 0 Å². The molecule has 1 amide bonds. The highest BCUT2D eigenvalue weighted by atomic mass is 16.2. The van der Waals surface area contributed by atoms with E-state index in [2.05, 4.69) is 29.9 Å². The number of aromatic amines is 1. The zero-order chi connectivity index (χ0) is 20.5. The van der Waals surface area contributed by atoms with Gasteiger partial charge in [0.2, 0.25) is 0 Å². The van der Waals surface area contributed by atoms with Gasteiger partial charge in [-0.2, -0.15) is 5.10 Å². The van der Waals surface area contributed by atoms with Gasteiger partial charge in [0.05, 0.1) is 11.9 Å². The van der Waals surface area contributed by atoms with E-state index in [9.17, 15) is 9.59 Å². The van der Waals surface area contributed by atoms with Crippen molar-refractivity contribution in [1.82, 2.24) is 34.8 Å². The number of nitrogens with zero attached hydrogens (tertiary/aromatic N) is 6. The number of benzene rings is 1. The number of nitrogens with one attached hydrogen (secondary N) is 1. The second-order valence-corrected chi connectivity index (χ2v) is 7.78. The summed E-state index contributed by atoms with van der Waals surface area (Å²) in [5.41, 5.74) is 0.0113. The van der Waals surface area contributed by atoms with Gasteiger partial charge in [0, 0.05) is 31.4 Å². The monoisotopic (exact) mass is 395 g/mol. The van der Waals surface area contributed by atoms with Crippen LogP contribution < -0.4 is 5.56 Å². The normalized spacial score (nSPS) is 15.4. The minimum Gasteiger partial charge on any atom is -0.337 e. The first-order valence-corrected chi connectivity index (χ1v) is 9.75. The van der Waals surface area contributed by atoms with E-state index in [-0.39, 0.29) is 17.4 Å². The molecule has 9 nitrogen and oxygen atoms in total. The summed E-state index contributed by atoms with van der Waals surface area (Å²) in [4.78, 5) is 28.9. The molecule has 0 saturated carbocycles. The van der Waals surface area contributed by atoms with Gasteiger partial charge in [0.15, 0.2) is 5.69 Å². The molecule has 3 heterocycles. The third-order valence-corrected chi connectivity index (χ3v) is 5.50. The maximum atomic E-state index is 13.1. The van der Waals surface area contributed by atoms with Gasteiger partial charge in [-0.25, -0.2) is 5.10 Å².